The number of carbonyl (C=O) groups excluding carboxylic acids is 3. The fourth-order valence-corrected chi connectivity index (χ4v) is 6.62. The van der Waals surface area contributed by atoms with E-state index in [9.17, 15) is 14.4 Å². The first-order valence-corrected chi connectivity index (χ1v) is 17.1. The number of hydrogen-bond donors (Lipinski definition) is 2. The largest absolute Gasteiger partial charge is 0.425 e. The number of amides is 1. The lowest BCUT2D eigenvalue weighted by Crippen LogP contribution is -2.40. The Bertz CT molecular complexity index is 794. The second kappa shape index (κ2) is 19.7. The second-order valence-corrected chi connectivity index (χ2v) is 12.6. The molecule has 208 valence electrons. The van der Waals surface area contributed by atoms with E-state index < -0.39 is 12.3 Å². The van der Waals surface area contributed by atoms with Gasteiger partial charge in [0.2, 0.25) is 12.2 Å². The van der Waals surface area contributed by atoms with E-state index in [4.69, 9.17) is 9.47 Å². The highest BCUT2D eigenvalue weighted by atomic mass is 33.1. The molecule has 0 radical (unpaired) electrons. The predicted octanol–water partition coefficient (Wildman–Crippen LogP) is 5.05. The summed E-state index contributed by atoms with van der Waals surface area (Å²) in [6, 6.07) is 9.90. The molecule has 2 atom stereocenters. The van der Waals surface area contributed by atoms with Crippen LogP contribution in [0.3, 0.4) is 0 Å². The molecule has 1 aliphatic rings. The quantitative estimate of drug-likeness (QED) is 0.109. The SMILES string of the molecule is CCC(=O)OC(OC(=O)CNC(=O)C(CSSCNCCCSC)Cc1ccccc1)C1CCCCC1. The van der Waals surface area contributed by atoms with Crippen molar-refractivity contribution in [1.82, 2.24) is 10.6 Å². The lowest BCUT2D eigenvalue weighted by atomic mass is 9.89. The molecule has 0 heterocycles. The molecule has 1 aromatic carbocycles. The van der Waals surface area contributed by atoms with Crippen LogP contribution < -0.4 is 10.6 Å². The molecule has 1 amide bonds. The van der Waals surface area contributed by atoms with Gasteiger partial charge in [0.1, 0.15) is 6.54 Å². The predicted molar refractivity (Wildman–Crippen MR) is 155 cm³/mol. The van der Waals surface area contributed by atoms with Gasteiger partial charge in [-0.15, -0.1) is 0 Å². The topological polar surface area (TPSA) is 93.7 Å². The van der Waals surface area contributed by atoms with Gasteiger partial charge in [-0.1, -0.05) is 78.1 Å². The van der Waals surface area contributed by atoms with E-state index >= 15 is 0 Å². The van der Waals surface area contributed by atoms with Gasteiger partial charge in [-0.3, -0.25) is 14.4 Å². The average Bonchev–Trinajstić information content (AvgIpc) is 2.93. The van der Waals surface area contributed by atoms with Crippen LogP contribution in [0.25, 0.3) is 0 Å². The van der Waals surface area contributed by atoms with Crippen LogP contribution in [-0.4, -0.2) is 60.9 Å². The monoisotopic (exact) mass is 570 g/mol. The maximum Gasteiger partial charge on any atom is 0.328 e. The normalized spacial score (nSPS) is 15.5. The zero-order chi connectivity index (χ0) is 26.7. The van der Waals surface area contributed by atoms with Crippen LogP contribution in [0.1, 0.15) is 57.4 Å². The minimum absolute atomic E-state index is 0.0116. The minimum atomic E-state index is -0.882. The molecule has 2 N–H and O–H groups in total. The van der Waals surface area contributed by atoms with Gasteiger partial charge in [0.15, 0.2) is 0 Å². The molecule has 1 aromatic rings. The summed E-state index contributed by atoms with van der Waals surface area (Å²) in [5, 5.41) is 6.17. The number of nitrogens with one attached hydrogen (secondary N) is 2. The zero-order valence-corrected chi connectivity index (χ0v) is 24.5. The molecule has 10 heteroatoms. The van der Waals surface area contributed by atoms with Crippen LogP contribution in [-0.2, 0) is 30.3 Å². The first-order chi connectivity index (χ1) is 18.0. The summed E-state index contributed by atoms with van der Waals surface area (Å²) in [7, 11) is 3.36. The van der Waals surface area contributed by atoms with Gasteiger partial charge in [-0.2, -0.15) is 11.8 Å². The number of rotatable bonds is 18. The van der Waals surface area contributed by atoms with Gasteiger partial charge >= 0.3 is 11.9 Å². The Balaban J connectivity index is 1.85. The third-order valence-electron chi connectivity index (χ3n) is 6.14. The van der Waals surface area contributed by atoms with Crippen LogP contribution in [0.4, 0.5) is 0 Å². The standard InChI is InChI=1S/C27H42N2O5S3/c1-3-24(30)33-27(22-13-8-5-9-14-22)34-25(31)18-29-26(32)23(17-21-11-6-4-7-12-21)19-36-37-20-28-15-10-16-35-2/h4,6-7,11-12,22-23,27-28H,3,5,8-10,13-20H2,1-2H3,(H,29,32). The number of benzene rings is 1. The average molecular weight is 571 g/mol. The summed E-state index contributed by atoms with van der Waals surface area (Å²) in [6.07, 6.45) is 8.11. The van der Waals surface area contributed by atoms with Gasteiger partial charge in [0, 0.05) is 18.1 Å². The van der Waals surface area contributed by atoms with Gasteiger partial charge < -0.3 is 20.1 Å². The molecule has 2 rings (SSSR count). The number of esters is 2. The Kier molecular flexibility index (Phi) is 16.9. The van der Waals surface area contributed by atoms with Crippen molar-refractivity contribution >= 4 is 51.2 Å². The molecule has 1 fully saturated rings. The fraction of sp³-hybridized carbons (Fsp3) is 0.667. The summed E-state index contributed by atoms with van der Waals surface area (Å²) in [6.45, 7) is 2.46. The van der Waals surface area contributed by atoms with E-state index in [1.807, 2.05) is 42.1 Å². The Labute approximate surface area is 234 Å². The molecule has 0 spiro atoms. The van der Waals surface area contributed by atoms with E-state index in [1.165, 1.54) is 0 Å². The molecule has 1 aliphatic carbocycles. The Morgan fingerprint density at radius 2 is 1.76 bits per heavy atom. The first-order valence-electron chi connectivity index (χ1n) is 13.2. The number of ether oxygens (including phenoxy) is 2. The van der Waals surface area contributed by atoms with E-state index in [2.05, 4.69) is 16.9 Å². The maximum absolute atomic E-state index is 13.1. The van der Waals surface area contributed by atoms with Crippen molar-refractivity contribution in [2.24, 2.45) is 11.8 Å². The van der Waals surface area contributed by atoms with E-state index in [-0.39, 0.29) is 36.7 Å². The third kappa shape index (κ3) is 13.8. The fourth-order valence-electron chi connectivity index (χ4n) is 4.06. The van der Waals surface area contributed by atoms with Crippen molar-refractivity contribution in [2.45, 2.75) is 64.6 Å². The van der Waals surface area contributed by atoms with Gasteiger partial charge in [0.05, 0.1) is 11.8 Å². The van der Waals surface area contributed by atoms with Crippen LogP contribution in [0.15, 0.2) is 30.3 Å². The lowest BCUT2D eigenvalue weighted by Gasteiger charge is -2.29. The summed E-state index contributed by atoms with van der Waals surface area (Å²) >= 11 is 1.85. The van der Waals surface area contributed by atoms with Crippen molar-refractivity contribution in [3.8, 4) is 0 Å². The minimum Gasteiger partial charge on any atom is -0.425 e. The van der Waals surface area contributed by atoms with Crippen LogP contribution >= 0.6 is 33.3 Å². The van der Waals surface area contributed by atoms with Crippen molar-refractivity contribution in [2.75, 3.05) is 36.7 Å². The van der Waals surface area contributed by atoms with Gasteiger partial charge in [-0.25, -0.2) is 0 Å². The molecule has 0 bridgehead atoms. The van der Waals surface area contributed by atoms with E-state index in [0.717, 1.165) is 62.3 Å². The third-order valence-corrected chi connectivity index (χ3v) is 9.12. The Morgan fingerprint density at radius 1 is 1.03 bits per heavy atom. The Morgan fingerprint density at radius 3 is 2.46 bits per heavy atom. The van der Waals surface area contributed by atoms with Crippen molar-refractivity contribution in [1.29, 1.82) is 0 Å². The number of thioether (sulfide) groups is 1. The van der Waals surface area contributed by atoms with E-state index in [0.29, 0.717) is 12.2 Å². The van der Waals surface area contributed by atoms with Gasteiger partial charge in [-0.05, 0) is 49.8 Å². The maximum atomic E-state index is 13.1. The summed E-state index contributed by atoms with van der Waals surface area (Å²) in [4.78, 5) is 37.6. The summed E-state index contributed by atoms with van der Waals surface area (Å²) in [5.41, 5.74) is 1.08. The molecule has 7 nitrogen and oxygen atoms in total. The highest BCUT2D eigenvalue weighted by Gasteiger charge is 2.30. The summed E-state index contributed by atoms with van der Waals surface area (Å²) < 4.78 is 11.0. The van der Waals surface area contributed by atoms with Crippen LogP contribution in [0.2, 0.25) is 0 Å². The molecule has 0 aliphatic heterocycles. The molecule has 1 saturated carbocycles. The van der Waals surface area contributed by atoms with Crippen LogP contribution in [0.5, 0.6) is 0 Å². The highest BCUT2D eigenvalue weighted by molar-refractivity contribution is 8.76. The second-order valence-electron chi connectivity index (χ2n) is 9.10. The van der Waals surface area contributed by atoms with E-state index in [1.54, 1.807) is 28.5 Å². The smallest absolute Gasteiger partial charge is 0.328 e. The number of carbonyl (C=O) groups is 3. The summed E-state index contributed by atoms with van der Waals surface area (Å²) in [5.74, 6) is 1.19. The molecule has 0 saturated heterocycles. The van der Waals surface area contributed by atoms with Crippen molar-refractivity contribution < 1.29 is 23.9 Å². The van der Waals surface area contributed by atoms with Crippen LogP contribution in [0, 0.1) is 11.8 Å². The van der Waals surface area contributed by atoms with Crippen molar-refractivity contribution in [3.05, 3.63) is 35.9 Å². The molecule has 37 heavy (non-hydrogen) atoms. The van der Waals surface area contributed by atoms with Crippen molar-refractivity contribution in [3.63, 3.8) is 0 Å². The molecular weight excluding hydrogens is 529 g/mol. The Hall–Kier alpha value is -1.36. The van der Waals surface area contributed by atoms with Gasteiger partial charge in [0.25, 0.3) is 0 Å². The zero-order valence-electron chi connectivity index (χ0n) is 22.1. The highest BCUT2D eigenvalue weighted by Crippen LogP contribution is 2.29. The molecular formula is C27H42N2O5S3. The first kappa shape index (κ1) is 31.9. The molecule has 2 unspecified atom stereocenters. The number of hydrogen-bond acceptors (Lipinski definition) is 9. The lowest BCUT2D eigenvalue weighted by molar-refractivity contribution is -0.199. The molecule has 0 aromatic heterocycles.